The summed E-state index contributed by atoms with van der Waals surface area (Å²) in [7, 11) is 0. The monoisotopic (exact) mass is 253 g/mol. The molecule has 0 aliphatic heterocycles. The van der Waals surface area contributed by atoms with Crippen molar-refractivity contribution in [3.8, 4) is 6.07 Å². The van der Waals surface area contributed by atoms with E-state index in [0.29, 0.717) is 13.0 Å². The van der Waals surface area contributed by atoms with E-state index in [2.05, 4.69) is 6.92 Å². The molecule has 0 aliphatic carbocycles. The summed E-state index contributed by atoms with van der Waals surface area (Å²) >= 11 is 0. The van der Waals surface area contributed by atoms with Crippen LogP contribution < -0.4 is 0 Å². The van der Waals surface area contributed by atoms with Crippen LogP contribution in [0, 0.1) is 17.2 Å². The predicted octanol–water partition coefficient (Wildman–Crippen LogP) is 4.22. The molecule has 18 heavy (non-hydrogen) atoms. The lowest BCUT2D eigenvalue weighted by molar-refractivity contribution is -0.146. The summed E-state index contributed by atoms with van der Waals surface area (Å²) in [5.74, 6) is -0.923. The lowest BCUT2D eigenvalue weighted by Gasteiger charge is -2.07. The molecule has 3 nitrogen and oxygen atoms in total. The van der Waals surface area contributed by atoms with Crippen molar-refractivity contribution in [1.29, 1.82) is 5.26 Å². The average molecular weight is 253 g/mol. The predicted molar refractivity (Wildman–Crippen MR) is 73.0 cm³/mol. The first-order valence-electron chi connectivity index (χ1n) is 7.32. The second-order valence-electron chi connectivity index (χ2n) is 4.70. The molecule has 0 saturated heterocycles. The topological polar surface area (TPSA) is 50.1 Å². The highest BCUT2D eigenvalue weighted by atomic mass is 16.5. The van der Waals surface area contributed by atoms with E-state index >= 15 is 0 Å². The SMILES string of the molecule is CCCCCCCCCCC(C#N)C(=O)OCC. The van der Waals surface area contributed by atoms with Gasteiger partial charge in [-0.1, -0.05) is 58.3 Å². The lowest BCUT2D eigenvalue weighted by atomic mass is 10.0. The molecule has 0 aromatic heterocycles. The Kier molecular flexibility index (Phi) is 11.7. The van der Waals surface area contributed by atoms with Crippen LogP contribution in [0.2, 0.25) is 0 Å². The molecule has 104 valence electrons. The normalized spacial score (nSPS) is 11.8. The molecule has 0 N–H and O–H groups in total. The maximum Gasteiger partial charge on any atom is 0.323 e. The minimum Gasteiger partial charge on any atom is -0.465 e. The highest BCUT2D eigenvalue weighted by Crippen LogP contribution is 2.14. The zero-order chi connectivity index (χ0) is 13.6. The zero-order valence-electron chi connectivity index (χ0n) is 11.9. The van der Waals surface area contributed by atoms with Gasteiger partial charge in [0.2, 0.25) is 0 Å². The standard InChI is InChI=1S/C15H27NO2/c1-3-5-6-7-8-9-10-11-12-14(13-16)15(17)18-4-2/h14H,3-12H2,1-2H3. The Morgan fingerprint density at radius 1 is 1.06 bits per heavy atom. The summed E-state index contributed by atoms with van der Waals surface area (Å²) in [5, 5.41) is 8.87. The summed E-state index contributed by atoms with van der Waals surface area (Å²) in [6, 6.07) is 2.03. The molecule has 0 radical (unpaired) electrons. The number of carbonyl (C=O) groups is 1. The largest absolute Gasteiger partial charge is 0.465 e. The Hall–Kier alpha value is -1.04. The van der Waals surface area contributed by atoms with Gasteiger partial charge in [-0.3, -0.25) is 4.79 Å². The van der Waals surface area contributed by atoms with Gasteiger partial charge >= 0.3 is 5.97 Å². The quantitative estimate of drug-likeness (QED) is 0.409. The van der Waals surface area contributed by atoms with Crippen LogP contribution in [0.5, 0.6) is 0 Å². The first-order chi connectivity index (χ1) is 8.76. The van der Waals surface area contributed by atoms with Crippen LogP contribution in [0.3, 0.4) is 0 Å². The van der Waals surface area contributed by atoms with Crippen molar-refractivity contribution in [2.45, 2.75) is 71.6 Å². The van der Waals surface area contributed by atoms with Gasteiger partial charge in [-0.25, -0.2) is 0 Å². The molecule has 0 saturated carbocycles. The van der Waals surface area contributed by atoms with Crippen molar-refractivity contribution in [1.82, 2.24) is 0 Å². The minimum atomic E-state index is -0.565. The number of hydrogen-bond donors (Lipinski definition) is 0. The third kappa shape index (κ3) is 9.04. The number of nitriles is 1. The highest BCUT2D eigenvalue weighted by Gasteiger charge is 2.17. The average Bonchev–Trinajstić information content (AvgIpc) is 2.37. The molecule has 0 aliphatic rings. The van der Waals surface area contributed by atoms with Crippen LogP contribution in [-0.4, -0.2) is 12.6 Å². The van der Waals surface area contributed by atoms with Crippen molar-refractivity contribution in [2.75, 3.05) is 6.61 Å². The molecular formula is C15H27NO2. The molecular weight excluding hydrogens is 226 g/mol. The van der Waals surface area contributed by atoms with Gasteiger partial charge in [-0.15, -0.1) is 0 Å². The van der Waals surface area contributed by atoms with Gasteiger partial charge in [-0.05, 0) is 13.3 Å². The number of ether oxygens (including phenoxy) is 1. The molecule has 3 heteroatoms. The van der Waals surface area contributed by atoms with E-state index in [9.17, 15) is 4.79 Å². The van der Waals surface area contributed by atoms with Gasteiger partial charge in [-0.2, -0.15) is 5.26 Å². The summed E-state index contributed by atoms with van der Waals surface area (Å²) in [6.07, 6.45) is 10.5. The molecule has 0 aromatic carbocycles. The third-order valence-corrected chi connectivity index (χ3v) is 3.07. The molecule has 1 unspecified atom stereocenters. The number of hydrogen-bond acceptors (Lipinski definition) is 3. The number of carbonyl (C=O) groups excluding carboxylic acids is 1. The number of esters is 1. The molecule has 0 heterocycles. The van der Waals surface area contributed by atoms with Crippen LogP contribution in [-0.2, 0) is 9.53 Å². The van der Waals surface area contributed by atoms with Crippen molar-refractivity contribution in [2.24, 2.45) is 5.92 Å². The molecule has 1 atom stereocenters. The van der Waals surface area contributed by atoms with E-state index in [1.54, 1.807) is 6.92 Å². The van der Waals surface area contributed by atoms with Gasteiger partial charge in [0, 0.05) is 0 Å². The second kappa shape index (κ2) is 12.4. The Balaban J connectivity index is 3.46. The Morgan fingerprint density at radius 2 is 1.61 bits per heavy atom. The van der Waals surface area contributed by atoms with Gasteiger partial charge in [0.25, 0.3) is 0 Å². The van der Waals surface area contributed by atoms with Gasteiger partial charge in [0.1, 0.15) is 5.92 Å². The van der Waals surface area contributed by atoms with E-state index in [1.807, 2.05) is 6.07 Å². The van der Waals surface area contributed by atoms with E-state index in [4.69, 9.17) is 10.00 Å². The fourth-order valence-electron chi connectivity index (χ4n) is 1.96. The lowest BCUT2D eigenvalue weighted by Crippen LogP contribution is -2.16. The second-order valence-corrected chi connectivity index (χ2v) is 4.70. The Labute approximate surface area is 112 Å². The molecule has 0 rings (SSSR count). The Bertz CT molecular complexity index is 245. The summed E-state index contributed by atoms with van der Waals surface area (Å²) in [6.45, 7) is 4.34. The third-order valence-electron chi connectivity index (χ3n) is 3.07. The van der Waals surface area contributed by atoms with Crippen molar-refractivity contribution in [3.63, 3.8) is 0 Å². The maximum absolute atomic E-state index is 11.4. The van der Waals surface area contributed by atoms with Crippen LogP contribution in [0.15, 0.2) is 0 Å². The highest BCUT2D eigenvalue weighted by molar-refractivity contribution is 5.75. The molecule has 0 fully saturated rings. The smallest absolute Gasteiger partial charge is 0.323 e. The maximum atomic E-state index is 11.4. The number of rotatable bonds is 11. The first-order valence-corrected chi connectivity index (χ1v) is 7.32. The van der Waals surface area contributed by atoms with Gasteiger partial charge in [0.05, 0.1) is 12.7 Å². The summed E-state index contributed by atoms with van der Waals surface area (Å²) in [4.78, 5) is 11.4. The molecule has 0 aromatic rings. The number of nitrogens with zero attached hydrogens (tertiary/aromatic N) is 1. The van der Waals surface area contributed by atoms with E-state index < -0.39 is 5.92 Å². The fourth-order valence-corrected chi connectivity index (χ4v) is 1.96. The van der Waals surface area contributed by atoms with Crippen LogP contribution in [0.25, 0.3) is 0 Å². The fraction of sp³-hybridized carbons (Fsp3) is 0.867. The summed E-state index contributed by atoms with van der Waals surface area (Å²) in [5.41, 5.74) is 0. The number of unbranched alkanes of at least 4 members (excludes halogenated alkanes) is 7. The van der Waals surface area contributed by atoms with E-state index in [-0.39, 0.29) is 5.97 Å². The van der Waals surface area contributed by atoms with Gasteiger partial charge in [0.15, 0.2) is 0 Å². The van der Waals surface area contributed by atoms with Crippen molar-refractivity contribution >= 4 is 5.97 Å². The van der Waals surface area contributed by atoms with Crippen LogP contribution in [0.1, 0.15) is 71.6 Å². The van der Waals surface area contributed by atoms with Crippen molar-refractivity contribution in [3.05, 3.63) is 0 Å². The van der Waals surface area contributed by atoms with E-state index in [0.717, 1.165) is 12.8 Å². The van der Waals surface area contributed by atoms with E-state index in [1.165, 1.54) is 38.5 Å². The molecule has 0 spiro atoms. The Morgan fingerprint density at radius 3 is 2.11 bits per heavy atom. The van der Waals surface area contributed by atoms with Gasteiger partial charge < -0.3 is 4.74 Å². The minimum absolute atomic E-state index is 0.356. The summed E-state index contributed by atoms with van der Waals surface area (Å²) < 4.78 is 4.86. The zero-order valence-corrected chi connectivity index (χ0v) is 11.9. The van der Waals surface area contributed by atoms with Crippen molar-refractivity contribution < 1.29 is 9.53 Å². The first kappa shape index (κ1) is 17.0. The molecule has 0 bridgehead atoms. The molecule has 0 amide bonds. The van der Waals surface area contributed by atoms with Crippen LogP contribution in [0.4, 0.5) is 0 Å². The van der Waals surface area contributed by atoms with Crippen LogP contribution >= 0.6 is 0 Å².